The predicted molar refractivity (Wildman–Crippen MR) is 65.1 cm³/mol. The first-order valence-corrected chi connectivity index (χ1v) is 5.31. The van der Waals surface area contributed by atoms with E-state index >= 15 is 0 Å². The first-order valence-electron chi connectivity index (χ1n) is 4.93. The summed E-state index contributed by atoms with van der Waals surface area (Å²) in [5.74, 6) is 0.148. The van der Waals surface area contributed by atoms with E-state index in [1.54, 1.807) is 0 Å². The average molecular weight is 252 g/mol. The number of para-hydroxylation sites is 1. The van der Waals surface area contributed by atoms with Crippen LogP contribution in [-0.4, -0.2) is 29.6 Å². The van der Waals surface area contributed by atoms with E-state index in [-0.39, 0.29) is 17.8 Å². The van der Waals surface area contributed by atoms with Crippen molar-refractivity contribution < 1.29 is 9.53 Å². The Morgan fingerprint density at radius 2 is 2.18 bits per heavy atom. The molecule has 0 radical (unpaired) electrons. The molecule has 1 N–H and O–H groups in total. The van der Waals surface area contributed by atoms with Gasteiger partial charge in [0.15, 0.2) is 0 Å². The molecular weight excluding hydrogens is 242 g/mol. The van der Waals surface area contributed by atoms with Gasteiger partial charge in [0.05, 0.1) is 12.6 Å². The highest BCUT2D eigenvalue weighted by molar-refractivity contribution is 6.28. The van der Waals surface area contributed by atoms with Crippen molar-refractivity contribution in [3.8, 4) is 0 Å². The average Bonchev–Trinajstić information content (AvgIpc) is 2.35. The predicted octanol–water partition coefficient (Wildman–Crippen LogP) is 1.87. The van der Waals surface area contributed by atoms with Crippen LogP contribution in [0.3, 0.4) is 0 Å². The molecule has 6 heteroatoms. The number of methoxy groups -OCH3 is 1. The molecule has 0 aliphatic carbocycles. The van der Waals surface area contributed by atoms with Crippen LogP contribution in [-0.2, 0) is 9.53 Å². The SMILES string of the molecule is COC(=O)CNc1nc(Cl)nc2ccccc12. The number of fused-ring (bicyclic) bond motifs is 1. The van der Waals surface area contributed by atoms with Crippen molar-refractivity contribution in [2.24, 2.45) is 0 Å². The molecule has 0 spiro atoms. The molecule has 88 valence electrons. The third-order valence-corrected chi connectivity index (χ3v) is 2.37. The van der Waals surface area contributed by atoms with Gasteiger partial charge in [0, 0.05) is 5.39 Å². The summed E-state index contributed by atoms with van der Waals surface area (Å²) in [6.07, 6.45) is 0. The van der Waals surface area contributed by atoms with Crippen LogP contribution < -0.4 is 5.32 Å². The summed E-state index contributed by atoms with van der Waals surface area (Å²) in [4.78, 5) is 19.2. The zero-order valence-corrected chi connectivity index (χ0v) is 9.86. The van der Waals surface area contributed by atoms with Crippen molar-refractivity contribution in [3.05, 3.63) is 29.5 Å². The molecule has 17 heavy (non-hydrogen) atoms. The van der Waals surface area contributed by atoms with Gasteiger partial charge in [-0.05, 0) is 23.7 Å². The molecule has 0 aliphatic rings. The Morgan fingerprint density at radius 3 is 2.94 bits per heavy atom. The Morgan fingerprint density at radius 1 is 1.41 bits per heavy atom. The Labute approximate surface area is 103 Å². The number of hydrogen-bond donors (Lipinski definition) is 1. The third-order valence-electron chi connectivity index (χ3n) is 2.20. The number of halogens is 1. The molecule has 1 aromatic heterocycles. The van der Waals surface area contributed by atoms with Crippen LogP contribution in [0, 0.1) is 0 Å². The summed E-state index contributed by atoms with van der Waals surface area (Å²) < 4.78 is 4.54. The van der Waals surface area contributed by atoms with Crippen molar-refractivity contribution in [1.29, 1.82) is 0 Å². The highest BCUT2D eigenvalue weighted by Gasteiger charge is 2.07. The van der Waals surface area contributed by atoms with Gasteiger partial charge >= 0.3 is 5.97 Å². The van der Waals surface area contributed by atoms with Crippen LogP contribution in [0.4, 0.5) is 5.82 Å². The minimum Gasteiger partial charge on any atom is -0.468 e. The van der Waals surface area contributed by atoms with Gasteiger partial charge in [-0.2, -0.15) is 0 Å². The molecule has 1 heterocycles. The molecule has 0 fully saturated rings. The van der Waals surface area contributed by atoms with Crippen molar-refractivity contribution in [3.63, 3.8) is 0 Å². The van der Waals surface area contributed by atoms with E-state index in [0.717, 1.165) is 10.9 Å². The lowest BCUT2D eigenvalue weighted by atomic mass is 10.2. The number of nitrogens with zero attached hydrogens (tertiary/aromatic N) is 2. The largest absolute Gasteiger partial charge is 0.468 e. The molecule has 5 nitrogen and oxygen atoms in total. The smallest absolute Gasteiger partial charge is 0.325 e. The topological polar surface area (TPSA) is 64.1 Å². The van der Waals surface area contributed by atoms with E-state index < -0.39 is 0 Å². The van der Waals surface area contributed by atoms with Gasteiger partial charge in [-0.1, -0.05) is 12.1 Å². The number of anilines is 1. The summed E-state index contributed by atoms with van der Waals surface area (Å²) in [5.41, 5.74) is 0.722. The van der Waals surface area contributed by atoms with E-state index in [4.69, 9.17) is 11.6 Å². The van der Waals surface area contributed by atoms with E-state index in [1.807, 2.05) is 24.3 Å². The number of nitrogens with one attached hydrogen (secondary N) is 1. The molecule has 0 saturated heterocycles. The standard InChI is InChI=1S/C11H10ClN3O2/c1-17-9(16)6-13-10-7-4-2-3-5-8(7)14-11(12)15-10/h2-5H,6H2,1H3,(H,13,14,15). The van der Waals surface area contributed by atoms with Crippen molar-refractivity contribution in [2.75, 3.05) is 19.0 Å². The second kappa shape index (κ2) is 4.97. The maximum absolute atomic E-state index is 11.0. The maximum atomic E-state index is 11.0. The first kappa shape index (κ1) is 11.6. The van der Waals surface area contributed by atoms with Crippen molar-refractivity contribution in [1.82, 2.24) is 9.97 Å². The normalized spacial score (nSPS) is 10.2. The number of carbonyl (C=O) groups excluding carboxylic acids is 1. The summed E-state index contributed by atoms with van der Waals surface area (Å²) in [7, 11) is 1.33. The van der Waals surface area contributed by atoms with Gasteiger partial charge < -0.3 is 10.1 Å². The fraction of sp³-hybridized carbons (Fsp3) is 0.182. The molecule has 0 bridgehead atoms. The first-order chi connectivity index (χ1) is 8.20. The molecule has 1 aromatic carbocycles. The number of esters is 1. The molecule has 0 unspecified atom stereocenters. The van der Waals surface area contributed by atoms with Crippen LogP contribution in [0.15, 0.2) is 24.3 Å². The Bertz CT molecular complexity index is 559. The van der Waals surface area contributed by atoms with Crippen molar-refractivity contribution >= 4 is 34.3 Å². The lowest BCUT2D eigenvalue weighted by molar-refractivity contribution is -0.138. The molecule has 0 saturated carbocycles. The molecule has 2 rings (SSSR count). The monoisotopic (exact) mass is 251 g/mol. The van der Waals surface area contributed by atoms with Crippen LogP contribution in [0.1, 0.15) is 0 Å². The van der Waals surface area contributed by atoms with Gasteiger partial charge in [-0.25, -0.2) is 9.97 Å². The van der Waals surface area contributed by atoms with Gasteiger partial charge in [0.25, 0.3) is 0 Å². The summed E-state index contributed by atoms with van der Waals surface area (Å²) in [6.45, 7) is 0.0356. The second-order valence-corrected chi connectivity index (χ2v) is 3.63. The molecular formula is C11H10ClN3O2. The lowest BCUT2D eigenvalue weighted by Crippen LogP contribution is -2.16. The zero-order valence-electron chi connectivity index (χ0n) is 9.11. The molecule has 0 amide bonds. The number of carbonyl (C=O) groups is 1. The van der Waals surface area contributed by atoms with Gasteiger partial charge in [-0.3, -0.25) is 4.79 Å². The van der Waals surface area contributed by atoms with E-state index in [1.165, 1.54) is 7.11 Å². The summed E-state index contributed by atoms with van der Waals surface area (Å²) in [5, 5.41) is 3.81. The fourth-order valence-electron chi connectivity index (χ4n) is 1.41. The molecule has 0 atom stereocenters. The minimum atomic E-state index is -0.371. The van der Waals surface area contributed by atoms with E-state index in [2.05, 4.69) is 20.0 Å². The highest BCUT2D eigenvalue weighted by atomic mass is 35.5. The van der Waals surface area contributed by atoms with E-state index in [0.29, 0.717) is 5.82 Å². The van der Waals surface area contributed by atoms with Crippen molar-refractivity contribution in [2.45, 2.75) is 0 Å². The van der Waals surface area contributed by atoms with Crippen LogP contribution in [0.5, 0.6) is 0 Å². The van der Waals surface area contributed by atoms with Gasteiger partial charge in [0.2, 0.25) is 5.28 Å². The van der Waals surface area contributed by atoms with Crippen LogP contribution >= 0.6 is 11.6 Å². The number of hydrogen-bond acceptors (Lipinski definition) is 5. The fourth-order valence-corrected chi connectivity index (χ4v) is 1.59. The minimum absolute atomic E-state index is 0.0356. The van der Waals surface area contributed by atoms with E-state index in [9.17, 15) is 4.79 Å². The highest BCUT2D eigenvalue weighted by Crippen LogP contribution is 2.21. The lowest BCUT2D eigenvalue weighted by Gasteiger charge is -2.07. The van der Waals surface area contributed by atoms with Gasteiger partial charge in [0.1, 0.15) is 12.4 Å². The summed E-state index contributed by atoms with van der Waals surface area (Å²) in [6, 6.07) is 7.40. The number of rotatable bonds is 3. The maximum Gasteiger partial charge on any atom is 0.325 e. The zero-order chi connectivity index (χ0) is 12.3. The number of aromatic nitrogens is 2. The Balaban J connectivity index is 2.35. The summed E-state index contributed by atoms with van der Waals surface area (Å²) >= 11 is 5.79. The van der Waals surface area contributed by atoms with Gasteiger partial charge in [-0.15, -0.1) is 0 Å². The second-order valence-electron chi connectivity index (χ2n) is 3.29. The number of ether oxygens (including phenoxy) is 1. The molecule has 0 aliphatic heterocycles. The Hall–Kier alpha value is -1.88. The van der Waals surface area contributed by atoms with Crippen LogP contribution in [0.2, 0.25) is 5.28 Å². The van der Waals surface area contributed by atoms with Crippen LogP contribution in [0.25, 0.3) is 10.9 Å². The third kappa shape index (κ3) is 2.62. The molecule has 2 aromatic rings. The Kier molecular flexibility index (Phi) is 3.39. The number of benzene rings is 1. The quantitative estimate of drug-likeness (QED) is 0.666.